The van der Waals surface area contributed by atoms with Crippen LogP contribution in [-0.2, 0) is 10.0 Å². The summed E-state index contributed by atoms with van der Waals surface area (Å²) >= 11 is 0. The zero-order valence-corrected chi connectivity index (χ0v) is 11.8. The number of hydrogen-bond donors (Lipinski definition) is 1. The second-order valence-electron chi connectivity index (χ2n) is 5.03. The first-order valence-electron chi connectivity index (χ1n) is 6.17. The van der Waals surface area contributed by atoms with Crippen LogP contribution in [0.25, 0.3) is 0 Å². The Labute approximate surface area is 108 Å². The van der Waals surface area contributed by atoms with E-state index in [1.165, 1.54) is 4.31 Å². The van der Waals surface area contributed by atoms with E-state index >= 15 is 0 Å². The number of nitrogens with zero attached hydrogens (tertiary/aromatic N) is 1. The van der Waals surface area contributed by atoms with E-state index in [-0.39, 0.29) is 17.0 Å². The Morgan fingerprint density at radius 2 is 2.11 bits per heavy atom. The SMILES string of the molecule is Cc1cc(S(=O)(=O)N2CC[C@H](N)C[C@H]2C)c(C)o1. The fourth-order valence-corrected chi connectivity index (χ4v) is 4.41. The van der Waals surface area contributed by atoms with Gasteiger partial charge in [-0.2, -0.15) is 4.31 Å². The smallest absolute Gasteiger partial charge is 0.246 e. The molecule has 0 radical (unpaired) electrons. The molecule has 0 spiro atoms. The van der Waals surface area contributed by atoms with Crippen molar-refractivity contribution in [1.82, 2.24) is 4.31 Å². The third-order valence-electron chi connectivity index (χ3n) is 3.44. The van der Waals surface area contributed by atoms with Crippen LogP contribution in [0.2, 0.25) is 0 Å². The third-order valence-corrected chi connectivity index (χ3v) is 5.56. The van der Waals surface area contributed by atoms with Crippen LogP contribution in [0.4, 0.5) is 0 Å². The molecule has 2 N–H and O–H groups in total. The Hall–Kier alpha value is -0.850. The highest BCUT2D eigenvalue weighted by Crippen LogP contribution is 2.28. The molecule has 0 saturated carbocycles. The van der Waals surface area contributed by atoms with Crippen LogP contribution in [0.1, 0.15) is 31.3 Å². The van der Waals surface area contributed by atoms with E-state index < -0.39 is 10.0 Å². The van der Waals surface area contributed by atoms with Crippen LogP contribution in [0, 0.1) is 13.8 Å². The van der Waals surface area contributed by atoms with Crippen LogP contribution < -0.4 is 5.73 Å². The van der Waals surface area contributed by atoms with Crippen molar-refractivity contribution in [3.05, 3.63) is 17.6 Å². The van der Waals surface area contributed by atoms with Gasteiger partial charge in [0.05, 0.1) is 0 Å². The average molecular weight is 272 g/mol. The molecular weight excluding hydrogens is 252 g/mol. The van der Waals surface area contributed by atoms with Crippen LogP contribution in [0.5, 0.6) is 0 Å². The van der Waals surface area contributed by atoms with Crippen molar-refractivity contribution in [2.75, 3.05) is 6.54 Å². The van der Waals surface area contributed by atoms with Crippen LogP contribution in [-0.4, -0.2) is 31.4 Å². The van der Waals surface area contributed by atoms with Gasteiger partial charge in [-0.3, -0.25) is 0 Å². The number of sulfonamides is 1. The van der Waals surface area contributed by atoms with E-state index in [2.05, 4.69) is 0 Å². The van der Waals surface area contributed by atoms with E-state index in [0.717, 1.165) is 0 Å². The van der Waals surface area contributed by atoms with Gasteiger partial charge >= 0.3 is 0 Å². The molecule has 0 amide bonds. The molecule has 0 aliphatic carbocycles. The number of rotatable bonds is 2. The Morgan fingerprint density at radius 3 is 2.61 bits per heavy atom. The maximum atomic E-state index is 12.6. The summed E-state index contributed by atoms with van der Waals surface area (Å²) in [7, 11) is -3.46. The zero-order valence-electron chi connectivity index (χ0n) is 11.0. The minimum absolute atomic E-state index is 0.0617. The van der Waals surface area contributed by atoms with Gasteiger partial charge < -0.3 is 10.2 Å². The molecular formula is C12H20N2O3S. The van der Waals surface area contributed by atoms with Crippen molar-refractivity contribution in [3.8, 4) is 0 Å². The predicted octanol–water partition coefficient (Wildman–Crippen LogP) is 1.40. The quantitative estimate of drug-likeness (QED) is 0.882. The summed E-state index contributed by atoms with van der Waals surface area (Å²) < 4.78 is 32.0. The van der Waals surface area contributed by atoms with Gasteiger partial charge in [0, 0.05) is 18.6 Å². The Bertz CT molecular complexity index is 536. The molecule has 0 unspecified atom stereocenters. The molecule has 5 nitrogen and oxygen atoms in total. The molecule has 18 heavy (non-hydrogen) atoms. The van der Waals surface area contributed by atoms with Gasteiger partial charge in [-0.15, -0.1) is 0 Å². The summed E-state index contributed by atoms with van der Waals surface area (Å²) in [6.45, 7) is 5.81. The summed E-state index contributed by atoms with van der Waals surface area (Å²) in [5.74, 6) is 1.07. The molecule has 2 heterocycles. The van der Waals surface area contributed by atoms with Gasteiger partial charge in [0.1, 0.15) is 16.4 Å². The first-order valence-corrected chi connectivity index (χ1v) is 7.61. The van der Waals surface area contributed by atoms with Gasteiger partial charge in [-0.05, 0) is 39.7 Å². The zero-order chi connectivity index (χ0) is 13.5. The molecule has 1 aromatic heterocycles. The molecule has 1 fully saturated rings. The lowest BCUT2D eigenvalue weighted by atomic mass is 10.0. The second-order valence-corrected chi connectivity index (χ2v) is 6.89. The minimum Gasteiger partial charge on any atom is -0.465 e. The van der Waals surface area contributed by atoms with Gasteiger partial charge in [-0.25, -0.2) is 8.42 Å². The highest BCUT2D eigenvalue weighted by Gasteiger charge is 2.35. The van der Waals surface area contributed by atoms with Crippen molar-refractivity contribution in [3.63, 3.8) is 0 Å². The number of aryl methyl sites for hydroxylation is 2. The first-order chi connectivity index (χ1) is 8.32. The molecule has 1 aliphatic heterocycles. The van der Waals surface area contributed by atoms with E-state index in [1.807, 2.05) is 6.92 Å². The predicted molar refractivity (Wildman–Crippen MR) is 68.7 cm³/mol. The van der Waals surface area contributed by atoms with Gasteiger partial charge in [0.25, 0.3) is 0 Å². The van der Waals surface area contributed by atoms with Crippen LogP contribution in [0.3, 0.4) is 0 Å². The molecule has 2 rings (SSSR count). The summed E-state index contributed by atoms with van der Waals surface area (Å²) in [6, 6.07) is 1.62. The van der Waals surface area contributed by atoms with Gasteiger partial charge in [0.2, 0.25) is 10.0 Å². The highest BCUT2D eigenvalue weighted by molar-refractivity contribution is 7.89. The molecule has 1 aliphatic rings. The molecule has 1 aromatic rings. The number of piperidine rings is 1. The van der Waals surface area contributed by atoms with E-state index in [1.54, 1.807) is 19.9 Å². The maximum absolute atomic E-state index is 12.6. The average Bonchev–Trinajstić information content (AvgIpc) is 2.57. The van der Waals surface area contributed by atoms with E-state index in [4.69, 9.17) is 10.2 Å². The van der Waals surface area contributed by atoms with Crippen molar-refractivity contribution < 1.29 is 12.8 Å². The lowest BCUT2D eigenvalue weighted by Gasteiger charge is -2.35. The van der Waals surface area contributed by atoms with Gasteiger partial charge in [0.15, 0.2) is 0 Å². The Kier molecular flexibility index (Phi) is 3.53. The summed E-state index contributed by atoms with van der Waals surface area (Å²) in [4.78, 5) is 0.280. The fraction of sp³-hybridized carbons (Fsp3) is 0.667. The van der Waals surface area contributed by atoms with E-state index in [9.17, 15) is 8.42 Å². The molecule has 102 valence electrons. The summed E-state index contributed by atoms with van der Waals surface area (Å²) in [5.41, 5.74) is 5.86. The van der Waals surface area contributed by atoms with Gasteiger partial charge in [-0.1, -0.05) is 0 Å². The fourth-order valence-electron chi connectivity index (χ4n) is 2.53. The molecule has 0 bridgehead atoms. The van der Waals surface area contributed by atoms with Crippen molar-refractivity contribution >= 4 is 10.0 Å². The Morgan fingerprint density at radius 1 is 1.44 bits per heavy atom. The minimum atomic E-state index is -3.46. The molecule has 1 saturated heterocycles. The monoisotopic (exact) mass is 272 g/mol. The second kappa shape index (κ2) is 4.68. The summed E-state index contributed by atoms with van der Waals surface area (Å²) in [5, 5.41) is 0. The Balaban J connectivity index is 2.34. The maximum Gasteiger partial charge on any atom is 0.246 e. The standard InChI is InChI=1S/C12H20N2O3S/c1-8-6-11(13)4-5-14(8)18(15,16)12-7-9(2)17-10(12)3/h7-8,11H,4-6,13H2,1-3H3/t8-,11+/m1/s1. The number of nitrogens with two attached hydrogens (primary N) is 1. The largest absolute Gasteiger partial charge is 0.465 e. The summed E-state index contributed by atoms with van der Waals surface area (Å²) in [6.07, 6.45) is 1.41. The van der Waals surface area contributed by atoms with Crippen molar-refractivity contribution in [2.24, 2.45) is 5.73 Å². The van der Waals surface area contributed by atoms with E-state index in [0.29, 0.717) is 30.9 Å². The molecule has 6 heteroatoms. The van der Waals surface area contributed by atoms with Crippen molar-refractivity contribution in [2.45, 2.75) is 50.6 Å². The third kappa shape index (κ3) is 2.32. The lowest BCUT2D eigenvalue weighted by molar-refractivity contribution is 0.247. The highest BCUT2D eigenvalue weighted by atomic mass is 32.2. The number of hydrogen-bond acceptors (Lipinski definition) is 4. The lowest BCUT2D eigenvalue weighted by Crippen LogP contribution is -2.48. The van der Waals surface area contributed by atoms with Crippen LogP contribution in [0.15, 0.2) is 15.4 Å². The topological polar surface area (TPSA) is 76.5 Å². The van der Waals surface area contributed by atoms with Crippen LogP contribution >= 0.6 is 0 Å². The van der Waals surface area contributed by atoms with Crippen molar-refractivity contribution in [1.29, 1.82) is 0 Å². The molecule has 0 aromatic carbocycles. The first kappa shape index (κ1) is 13.6. The normalized spacial score (nSPS) is 26.4. The number of furan rings is 1. The molecule has 2 atom stereocenters.